The lowest BCUT2D eigenvalue weighted by Crippen LogP contribution is -2.11. The van der Waals surface area contributed by atoms with E-state index in [0.29, 0.717) is 12.3 Å². The number of aryl methyl sites for hydroxylation is 1. The summed E-state index contributed by atoms with van der Waals surface area (Å²) in [4.78, 5) is 10.5. The largest absolute Gasteiger partial charge is 0.501 e. The third-order valence-electron chi connectivity index (χ3n) is 2.72. The van der Waals surface area contributed by atoms with E-state index in [0.717, 1.165) is 12.8 Å². The number of ether oxygens (including phenoxy) is 1. The second-order valence-electron chi connectivity index (χ2n) is 3.78. The maximum atomic E-state index is 10.9. The first-order valence-corrected chi connectivity index (χ1v) is 5.13. The summed E-state index contributed by atoms with van der Waals surface area (Å²) < 4.78 is 6.84. The molecule has 2 rings (SSSR count). The van der Waals surface area contributed by atoms with Gasteiger partial charge >= 0.3 is 5.69 Å². The van der Waals surface area contributed by atoms with E-state index >= 15 is 0 Å². The van der Waals surface area contributed by atoms with Crippen LogP contribution < -0.4 is 0 Å². The van der Waals surface area contributed by atoms with Gasteiger partial charge in [0.2, 0.25) is 0 Å². The first-order valence-electron chi connectivity index (χ1n) is 5.13. The fourth-order valence-electron chi connectivity index (χ4n) is 1.95. The van der Waals surface area contributed by atoms with Crippen LogP contribution in [0.4, 0.5) is 5.69 Å². The van der Waals surface area contributed by atoms with E-state index in [-0.39, 0.29) is 16.5 Å². The average Bonchev–Trinajstić information content (AvgIpc) is 2.50. The second-order valence-corrected chi connectivity index (χ2v) is 3.78. The van der Waals surface area contributed by atoms with Crippen LogP contribution in [0.2, 0.25) is 0 Å². The van der Waals surface area contributed by atoms with Gasteiger partial charge in [0.1, 0.15) is 11.9 Å². The van der Waals surface area contributed by atoms with E-state index in [1.54, 1.807) is 18.0 Å². The van der Waals surface area contributed by atoms with Gasteiger partial charge in [-0.15, -0.1) is 0 Å². The third kappa shape index (κ3) is 1.91. The van der Waals surface area contributed by atoms with Crippen molar-refractivity contribution in [2.24, 2.45) is 7.05 Å². The van der Waals surface area contributed by atoms with Crippen molar-refractivity contribution in [1.29, 1.82) is 0 Å². The highest BCUT2D eigenvalue weighted by molar-refractivity contribution is 5.36. The van der Waals surface area contributed by atoms with Gasteiger partial charge in [0.25, 0.3) is 0 Å². The highest BCUT2D eigenvalue weighted by Gasteiger charge is 2.27. The molecule has 0 bridgehead atoms. The van der Waals surface area contributed by atoms with Crippen LogP contribution >= 0.6 is 0 Å². The molecule has 1 aromatic rings. The molecule has 0 spiro atoms. The zero-order chi connectivity index (χ0) is 11.5. The minimum Gasteiger partial charge on any atom is -0.501 e. The van der Waals surface area contributed by atoms with Gasteiger partial charge in [-0.1, -0.05) is 0 Å². The number of aromatic nitrogens is 2. The van der Waals surface area contributed by atoms with Crippen LogP contribution in [0.1, 0.15) is 24.5 Å². The topological polar surface area (TPSA) is 70.2 Å². The maximum Gasteiger partial charge on any atom is 0.310 e. The van der Waals surface area contributed by atoms with E-state index < -0.39 is 0 Å². The lowest BCUT2D eigenvalue weighted by molar-refractivity contribution is -0.385. The molecule has 16 heavy (non-hydrogen) atoms. The first-order chi connectivity index (χ1) is 7.70. The molecule has 0 aromatic carbocycles. The number of hydrogen-bond donors (Lipinski definition) is 0. The maximum absolute atomic E-state index is 10.9. The molecule has 0 aliphatic carbocycles. The van der Waals surface area contributed by atoms with Gasteiger partial charge in [0.15, 0.2) is 0 Å². The van der Waals surface area contributed by atoms with Gasteiger partial charge < -0.3 is 4.74 Å². The molecule has 0 unspecified atom stereocenters. The predicted octanol–water partition coefficient (Wildman–Crippen LogP) is 1.74. The predicted molar refractivity (Wildman–Crippen MR) is 56.9 cm³/mol. The normalized spacial score (nSPS) is 20.2. The van der Waals surface area contributed by atoms with Crippen molar-refractivity contribution in [3.63, 3.8) is 0 Å². The molecule has 6 nitrogen and oxygen atoms in total. The summed E-state index contributed by atoms with van der Waals surface area (Å²) in [5.41, 5.74) is 0.728. The van der Waals surface area contributed by atoms with Crippen molar-refractivity contribution in [3.8, 4) is 0 Å². The summed E-state index contributed by atoms with van der Waals surface area (Å²) in [5, 5.41) is 14.8. The Labute approximate surface area is 92.7 Å². The minimum absolute atomic E-state index is 0.0305. The summed E-state index contributed by atoms with van der Waals surface area (Å²) in [6.45, 7) is 0.469. The Kier molecular flexibility index (Phi) is 2.89. The molecular formula is C10H13N3O3. The van der Waals surface area contributed by atoms with Crippen LogP contribution in [0.25, 0.3) is 0 Å². The Hall–Kier alpha value is -1.85. The highest BCUT2D eigenvalue weighted by atomic mass is 16.6. The lowest BCUT2D eigenvalue weighted by atomic mass is 10.00. The summed E-state index contributed by atoms with van der Waals surface area (Å²) in [7, 11) is 1.72. The van der Waals surface area contributed by atoms with Crippen molar-refractivity contribution in [2.45, 2.75) is 18.8 Å². The molecule has 1 aromatic heterocycles. The Morgan fingerprint density at radius 3 is 3.25 bits per heavy atom. The zero-order valence-corrected chi connectivity index (χ0v) is 9.00. The van der Waals surface area contributed by atoms with Crippen molar-refractivity contribution in [3.05, 3.63) is 34.3 Å². The summed E-state index contributed by atoms with van der Waals surface area (Å²) in [5.74, 6) is 0.0305. The Morgan fingerprint density at radius 1 is 1.69 bits per heavy atom. The van der Waals surface area contributed by atoms with Gasteiger partial charge in [-0.25, -0.2) is 0 Å². The summed E-state index contributed by atoms with van der Waals surface area (Å²) in [6.07, 6.45) is 6.60. The molecule has 0 amide bonds. The SMILES string of the molecule is Cn1ncc([N+](=O)[O-])c1[C@@H]1CCC=COC1. The molecule has 86 valence electrons. The van der Waals surface area contributed by atoms with Crippen LogP contribution in [0.15, 0.2) is 18.5 Å². The Morgan fingerprint density at radius 2 is 2.50 bits per heavy atom. The van der Waals surface area contributed by atoms with Crippen molar-refractivity contribution in [1.82, 2.24) is 9.78 Å². The van der Waals surface area contributed by atoms with Crippen LogP contribution in [0, 0.1) is 10.1 Å². The number of hydrogen-bond acceptors (Lipinski definition) is 4. The van der Waals surface area contributed by atoms with Gasteiger partial charge in [0.05, 0.1) is 17.8 Å². The minimum atomic E-state index is -0.388. The molecule has 6 heteroatoms. The first kappa shape index (κ1) is 10.7. The smallest absolute Gasteiger partial charge is 0.310 e. The fourth-order valence-corrected chi connectivity index (χ4v) is 1.95. The summed E-state index contributed by atoms with van der Waals surface area (Å²) >= 11 is 0. The highest BCUT2D eigenvalue weighted by Crippen LogP contribution is 2.30. The fraction of sp³-hybridized carbons (Fsp3) is 0.500. The van der Waals surface area contributed by atoms with Crippen molar-refractivity contribution >= 4 is 5.69 Å². The third-order valence-corrected chi connectivity index (χ3v) is 2.72. The van der Waals surface area contributed by atoms with Gasteiger partial charge in [-0.3, -0.25) is 14.8 Å². The standard InChI is InChI=1S/C10H13N3O3/c1-12-10(9(6-11-12)13(14)15)8-4-2-3-5-16-7-8/h3,5-6,8H,2,4,7H2,1H3/t8-/m1/s1. The van der Waals surface area contributed by atoms with Crippen LogP contribution in [0.5, 0.6) is 0 Å². The molecule has 0 saturated heterocycles. The number of nitro groups is 1. The molecule has 1 aliphatic heterocycles. The monoisotopic (exact) mass is 223 g/mol. The van der Waals surface area contributed by atoms with E-state index in [1.165, 1.54) is 6.20 Å². The molecule has 1 atom stereocenters. The quantitative estimate of drug-likeness (QED) is 0.565. The second kappa shape index (κ2) is 4.34. The molecule has 0 radical (unpaired) electrons. The average molecular weight is 223 g/mol. The zero-order valence-electron chi connectivity index (χ0n) is 9.00. The van der Waals surface area contributed by atoms with Crippen molar-refractivity contribution in [2.75, 3.05) is 6.61 Å². The van der Waals surface area contributed by atoms with Crippen LogP contribution in [-0.2, 0) is 11.8 Å². The number of nitrogens with zero attached hydrogens (tertiary/aromatic N) is 3. The van der Waals surface area contributed by atoms with E-state index in [4.69, 9.17) is 4.74 Å². The number of rotatable bonds is 2. The van der Waals surface area contributed by atoms with Crippen LogP contribution in [0.3, 0.4) is 0 Å². The molecule has 0 fully saturated rings. The Balaban J connectivity index is 2.31. The Bertz CT molecular complexity index is 415. The lowest BCUT2D eigenvalue weighted by Gasteiger charge is -2.13. The van der Waals surface area contributed by atoms with Crippen molar-refractivity contribution < 1.29 is 9.66 Å². The van der Waals surface area contributed by atoms with Crippen LogP contribution in [-0.4, -0.2) is 21.3 Å². The van der Waals surface area contributed by atoms with E-state index in [1.807, 2.05) is 6.08 Å². The molecule has 1 aliphatic rings. The van der Waals surface area contributed by atoms with Gasteiger partial charge in [-0.05, 0) is 18.9 Å². The van der Waals surface area contributed by atoms with Gasteiger partial charge in [-0.2, -0.15) is 5.10 Å². The van der Waals surface area contributed by atoms with E-state index in [9.17, 15) is 10.1 Å². The molecule has 0 N–H and O–H groups in total. The molecular weight excluding hydrogens is 210 g/mol. The number of allylic oxidation sites excluding steroid dienone is 1. The van der Waals surface area contributed by atoms with Gasteiger partial charge in [0, 0.05) is 13.0 Å². The molecule has 0 saturated carbocycles. The molecule has 2 heterocycles. The van der Waals surface area contributed by atoms with E-state index in [2.05, 4.69) is 5.10 Å². The summed E-state index contributed by atoms with van der Waals surface area (Å²) in [6, 6.07) is 0.